The van der Waals surface area contributed by atoms with Gasteiger partial charge in [-0.25, -0.2) is 0 Å². The van der Waals surface area contributed by atoms with E-state index >= 15 is 0 Å². The van der Waals surface area contributed by atoms with Crippen molar-refractivity contribution in [1.29, 1.82) is 0 Å². The number of rotatable bonds is 15. The lowest BCUT2D eigenvalue weighted by Gasteiger charge is -2.31. The number of fused-ring (bicyclic) bond motifs is 1. The predicted octanol–water partition coefficient (Wildman–Crippen LogP) is 15.7. The highest BCUT2D eigenvalue weighted by atomic mass is 32.2. The molecular weight excluding hydrogens is 782 g/mol. The van der Waals surface area contributed by atoms with Gasteiger partial charge in [0.2, 0.25) is 0 Å². The van der Waals surface area contributed by atoms with Gasteiger partial charge in [-0.15, -0.1) is 0 Å². The molecule has 1 fully saturated rings. The molecule has 3 unspecified atom stereocenters. The average molecular weight is 849 g/mol. The zero-order valence-corrected chi connectivity index (χ0v) is 38.4. The molecule has 0 spiro atoms. The van der Waals surface area contributed by atoms with E-state index < -0.39 is 5.51 Å². The van der Waals surface area contributed by atoms with E-state index in [4.69, 9.17) is 0 Å². The van der Waals surface area contributed by atoms with Crippen LogP contribution in [-0.4, -0.2) is 31.2 Å². The monoisotopic (exact) mass is 849 g/mol. The number of hydrogen-bond donors (Lipinski definition) is 2. The normalized spacial score (nSPS) is 15.7. The molecule has 0 heterocycles. The Morgan fingerprint density at radius 2 is 1.39 bits per heavy atom. The molecule has 0 aliphatic heterocycles. The maximum absolute atomic E-state index is 11.1. The van der Waals surface area contributed by atoms with Crippen LogP contribution in [0, 0.1) is 12.8 Å². The van der Waals surface area contributed by atoms with Crippen molar-refractivity contribution in [3.05, 3.63) is 168 Å². The Bertz CT molecular complexity index is 2160. The molecule has 0 amide bonds. The number of alkyl halides is 3. The largest absolute Gasteiger partial charge is 0.456 e. The van der Waals surface area contributed by atoms with Gasteiger partial charge in [-0.1, -0.05) is 133 Å². The van der Waals surface area contributed by atoms with Crippen LogP contribution in [0.2, 0.25) is 0 Å². The van der Waals surface area contributed by atoms with Crippen LogP contribution in [0.4, 0.5) is 35.9 Å². The van der Waals surface area contributed by atoms with Gasteiger partial charge in [-0.2, -0.15) is 13.2 Å². The van der Waals surface area contributed by atoms with Crippen LogP contribution in [0.25, 0.3) is 10.8 Å². The quantitative estimate of drug-likeness (QED) is 0.0623. The molecule has 0 radical (unpaired) electrons. The van der Waals surface area contributed by atoms with E-state index in [0.29, 0.717) is 18.5 Å². The van der Waals surface area contributed by atoms with Gasteiger partial charge >= 0.3 is 5.51 Å². The minimum Gasteiger partial charge on any atom is -0.382 e. The van der Waals surface area contributed by atoms with Gasteiger partial charge in [0.25, 0.3) is 0 Å². The number of hydrogen-bond acceptors (Lipinski definition) is 5. The van der Waals surface area contributed by atoms with Crippen LogP contribution in [0.15, 0.2) is 146 Å². The fourth-order valence-electron chi connectivity index (χ4n) is 8.25. The molecular formula is C53H67F3N4S. The molecule has 4 nitrogen and oxygen atoms in total. The predicted molar refractivity (Wildman–Crippen MR) is 261 cm³/mol. The second-order valence-corrected chi connectivity index (χ2v) is 16.2. The first kappa shape index (κ1) is 48.7. The highest BCUT2D eigenvalue weighted by Gasteiger charge is 2.28. The first-order chi connectivity index (χ1) is 29.4. The van der Waals surface area contributed by atoms with Crippen LogP contribution >= 0.6 is 11.9 Å². The molecule has 0 bridgehead atoms. The lowest BCUT2D eigenvalue weighted by molar-refractivity contribution is -0.0335. The summed E-state index contributed by atoms with van der Waals surface area (Å²) in [6.45, 7) is 26.9. The van der Waals surface area contributed by atoms with E-state index in [1.807, 2.05) is 19.9 Å². The first-order valence-corrected chi connectivity index (χ1v) is 22.8. The molecule has 5 aromatic carbocycles. The summed E-state index contributed by atoms with van der Waals surface area (Å²) in [5.74, 6) is 0.729. The molecule has 3 atom stereocenters. The number of likely N-dealkylation sites (N-methyl/N-ethyl adjacent to an activating group) is 1. The molecule has 1 aliphatic rings. The summed E-state index contributed by atoms with van der Waals surface area (Å²) < 4.78 is 35.5. The third-order valence-corrected chi connectivity index (χ3v) is 11.8. The number of aryl methyl sites for hydroxylation is 1. The van der Waals surface area contributed by atoms with Crippen LogP contribution < -0.4 is 19.8 Å². The fourth-order valence-corrected chi connectivity index (χ4v) is 8.56. The topological polar surface area (TPSA) is 30.5 Å². The Labute approximate surface area is 369 Å². The van der Waals surface area contributed by atoms with Crippen molar-refractivity contribution in [1.82, 2.24) is 4.72 Å². The number of nitrogens with zero attached hydrogens (tertiary/aromatic N) is 2. The van der Waals surface area contributed by atoms with E-state index in [2.05, 4.69) is 183 Å². The lowest BCUT2D eigenvalue weighted by Crippen LogP contribution is -2.30. The van der Waals surface area contributed by atoms with Gasteiger partial charge in [0.1, 0.15) is 0 Å². The summed E-state index contributed by atoms with van der Waals surface area (Å²) in [6.07, 6.45) is 9.08. The van der Waals surface area contributed by atoms with Crippen molar-refractivity contribution >= 4 is 45.5 Å². The number of benzene rings is 5. The Kier molecular flexibility index (Phi) is 19.1. The zero-order valence-electron chi connectivity index (χ0n) is 37.6. The standard InChI is InChI=1S/C48H55N3.C3H6F3NS.C2H6/c1-8-17-46(34(4)5)50(9-2)39-28-24-37(25-29-39)48(38-26-30-40(31-27-38)51(10-3)47-23-16-12-19-36(47)7)43-32-33-45(42-21-14-13-20-41(42)43)49-44-22-15-11-18-35(44)6;1-2-7-8-3(4,5)6;1-2/h8,12-14,16-17,19-21,23-33,35,44,48-49H,1,4,9-11,15,18,22H2,2-3,5-7H3;7H,2H2,1H3;1-2H3/b46-17+;;. The number of halogens is 3. The fraction of sp³-hybridized carbons (Fsp3) is 0.358. The number of allylic oxidation sites excluding steroid dienone is 3. The van der Waals surface area contributed by atoms with Crippen molar-refractivity contribution in [2.75, 3.05) is 34.8 Å². The van der Waals surface area contributed by atoms with Crippen molar-refractivity contribution in [3.63, 3.8) is 0 Å². The Morgan fingerprint density at radius 3 is 1.92 bits per heavy atom. The molecule has 6 rings (SSSR count). The molecule has 61 heavy (non-hydrogen) atoms. The van der Waals surface area contributed by atoms with Crippen LogP contribution in [0.1, 0.15) is 102 Å². The minimum atomic E-state index is -4.14. The maximum atomic E-state index is 11.1. The summed E-state index contributed by atoms with van der Waals surface area (Å²) >= 11 is -0.216. The molecule has 2 N–H and O–H groups in total. The van der Waals surface area contributed by atoms with Crippen molar-refractivity contribution in [2.45, 2.75) is 98.5 Å². The smallest absolute Gasteiger partial charge is 0.382 e. The van der Waals surface area contributed by atoms with E-state index in [0.717, 1.165) is 30.0 Å². The summed E-state index contributed by atoms with van der Waals surface area (Å²) in [7, 11) is 0. The van der Waals surface area contributed by atoms with E-state index in [1.165, 1.54) is 75.8 Å². The van der Waals surface area contributed by atoms with Crippen molar-refractivity contribution in [2.24, 2.45) is 5.92 Å². The van der Waals surface area contributed by atoms with Gasteiger partial charge in [-0.05, 0) is 122 Å². The van der Waals surface area contributed by atoms with Gasteiger partial charge in [0.15, 0.2) is 0 Å². The molecule has 0 saturated heterocycles. The molecule has 8 heteroatoms. The lowest BCUT2D eigenvalue weighted by atomic mass is 9.82. The Hall–Kier alpha value is -4.92. The average Bonchev–Trinajstić information content (AvgIpc) is 3.27. The summed E-state index contributed by atoms with van der Waals surface area (Å²) in [5.41, 5.74) is 7.96. The third kappa shape index (κ3) is 13.0. The zero-order chi connectivity index (χ0) is 44.5. The molecule has 1 aliphatic carbocycles. The summed E-state index contributed by atoms with van der Waals surface area (Å²) in [5, 5.41) is 6.58. The van der Waals surface area contributed by atoms with Crippen LogP contribution in [-0.2, 0) is 0 Å². The second-order valence-electron chi connectivity index (χ2n) is 15.3. The molecule has 0 aromatic heterocycles. The number of anilines is 4. The Balaban J connectivity index is 0.000000736. The van der Waals surface area contributed by atoms with Crippen molar-refractivity contribution < 1.29 is 13.2 Å². The second kappa shape index (κ2) is 23.9. The number of para-hydroxylation sites is 1. The third-order valence-electron chi connectivity index (χ3n) is 11.2. The van der Waals surface area contributed by atoms with Gasteiger partial charge in [0.05, 0.1) is 0 Å². The van der Waals surface area contributed by atoms with Crippen LogP contribution in [0.5, 0.6) is 0 Å². The Morgan fingerprint density at radius 1 is 0.803 bits per heavy atom. The SMILES string of the molecule is C=C/C=C(\C(=C)C)N(CC)c1ccc(C(c2ccc(N(CC)c3ccccc3C)cc2)c2ccc(NC3CCCCC3C)c3ccccc23)cc1.CC.CCNSC(F)(F)F. The van der Waals surface area contributed by atoms with Gasteiger partial charge in [-0.3, -0.25) is 4.72 Å². The molecule has 326 valence electrons. The number of nitrogens with one attached hydrogen (secondary N) is 2. The highest BCUT2D eigenvalue weighted by Crippen LogP contribution is 2.41. The highest BCUT2D eigenvalue weighted by molar-refractivity contribution is 7.98. The summed E-state index contributed by atoms with van der Waals surface area (Å²) in [6, 6.07) is 41.3. The van der Waals surface area contributed by atoms with E-state index in [9.17, 15) is 13.2 Å². The van der Waals surface area contributed by atoms with Crippen LogP contribution in [0.3, 0.4) is 0 Å². The van der Waals surface area contributed by atoms with Gasteiger partial charge < -0.3 is 15.1 Å². The minimum absolute atomic E-state index is 0.0496. The van der Waals surface area contributed by atoms with E-state index in [-0.39, 0.29) is 17.9 Å². The molecule has 5 aromatic rings. The summed E-state index contributed by atoms with van der Waals surface area (Å²) in [4.78, 5) is 4.71. The van der Waals surface area contributed by atoms with Crippen molar-refractivity contribution in [3.8, 4) is 0 Å². The maximum Gasteiger partial charge on any atom is 0.456 e. The molecule has 1 saturated carbocycles. The first-order valence-electron chi connectivity index (χ1n) is 22.0. The van der Waals surface area contributed by atoms with E-state index in [1.54, 1.807) is 6.92 Å². The van der Waals surface area contributed by atoms with Gasteiger partial charge in [0, 0.05) is 77.4 Å².